The molecule has 1 heterocycles. The maximum Gasteiger partial charge on any atom is 0.266 e. The van der Waals surface area contributed by atoms with E-state index in [1.807, 2.05) is 0 Å². The number of aliphatic hydroxyl groups is 1. The zero-order valence-corrected chi connectivity index (χ0v) is 7.82. The van der Waals surface area contributed by atoms with Crippen LogP contribution in [0.15, 0.2) is 29.1 Å². The van der Waals surface area contributed by atoms with Crippen molar-refractivity contribution in [1.29, 1.82) is 5.26 Å². The molecule has 0 saturated carbocycles. The SMILES string of the molecule is N#Cc1c(CO)c2ccccc2[nH]c1=O. The molecule has 4 heteroatoms. The molecule has 74 valence electrons. The molecule has 0 radical (unpaired) electrons. The van der Waals surface area contributed by atoms with E-state index < -0.39 is 5.56 Å². The first-order valence-electron chi connectivity index (χ1n) is 4.42. The van der Waals surface area contributed by atoms with Crippen LogP contribution in [0.1, 0.15) is 11.1 Å². The minimum Gasteiger partial charge on any atom is -0.392 e. The maximum absolute atomic E-state index is 11.5. The summed E-state index contributed by atoms with van der Waals surface area (Å²) in [6.07, 6.45) is 0. The van der Waals surface area contributed by atoms with E-state index >= 15 is 0 Å². The molecule has 1 aromatic heterocycles. The average Bonchev–Trinajstić information content (AvgIpc) is 2.27. The van der Waals surface area contributed by atoms with Gasteiger partial charge in [-0.05, 0) is 6.07 Å². The van der Waals surface area contributed by atoms with Crippen molar-refractivity contribution in [3.8, 4) is 6.07 Å². The number of nitrogens with zero attached hydrogens (tertiary/aromatic N) is 1. The summed E-state index contributed by atoms with van der Waals surface area (Å²) < 4.78 is 0. The van der Waals surface area contributed by atoms with Crippen LogP contribution in [-0.4, -0.2) is 10.1 Å². The highest BCUT2D eigenvalue weighted by Gasteiger charge is 2.10. The lowest BCUT2D eigenvalue weighted by atomic mass is 10.1. The van der Waals surface area contributed by atoms with E-state index in [2.05, 4.69) is 4.98 Å². The normalized spacial score (nSPS) is 10.1. The van der Waals surface area contributed by atoms with Crippen molar-refractivity contribution < 1.29 is 5.11 Å². The molecule has 0 amide bonds. The third-order valence-corrected chi connectivity index (χ3v) is 2.30. The van der Waals surface area contributed by atoms with Crippen molar-refractivity contribution in [2.45, 2.75) is 6.61 Å². The lowest BCUT2D eigenvalue weighted by molar-refractivity contribution is 0.283. The highest BCUT2D eigenvalue weighted by atomic mass is 16.3. The molecular weight excluding hydrogens is 192 g/mol. The van der Waals surface area contributed by atoms with Gasteiger partial charge in [-0.15, -0.1) is 0 Å². The first-order chi connectivity index (χ1) is 7.27. The van der Waals surface area contributed by atoms with Gasteiger partial charge in [0.2, 0.25) is 0 Å². The Morgan fingerprint density at radius 1 is 1.40 bits per heavy atom. The van der Waals surface area contributed by atoms with E-state index in [1.54, 1.807) is 30.3 Å². The Bertz CT molecular complexity index is 608. The Morgan fingerprint density at radius 3 is 2.80 bits per heavy atom. The number of pyridine rings is 1. The van der Waals surface area contributed by atoms with Crippen molar-refractivity contribution in [3.05, 3.63) is 45.7 Å². The van der Waals surface area contributed by atoms with Gasteiger partial charge >= 0.3 is 0 Å². The highest BCUT2D eigenvalue weighted by Crippen LogP contribution is 2.17. The van der Waals surface area contributed by atoms with E-state index in [1.165, 1.54) is 0 Å². The van der Waals surface area contributed by atoms with Gasteiger partial charge in [-0.3, -0.25) is 4.79 Å². The summed E-state index contributed by atoms with van der Waals surface area (Å²) in [7, 11) is 0. The number of para-hydroxylation sites is 1. The van der Waals surface area contributed by atoms with E-state index in [-0.39, 0.29) is 12.2 Å². The number of aromatic amines is 1. The lowest BCUT2D eigenvalue weighted by Crippen LogP contribution is -2.13. The van der Waals surface area contributed by atoms with Crippen molar-refractivity contribution >= 4 is 10.9 Å². The lowest BCUT2D eigenvalue weighted by Gasteiger charge is -2.04. The van der Waals surface area contributed by atoms with Gasteiger partial charge in [0, 0.05) is 16.5 Å². The minimum atomic E-state index is -0.458. The summed E-state index contributed by atoms with van der Waals surface area (Å²) in [4.78, 5) is 14.0. The van der Waals surface area contributed by atoms with E-state index in [0.29, 0.717) is 16.5 Å². The quantitative estimate of drug-likeness (QED) is 0.717. The van der Waals surface area contributed by atoms with Gasteiger partial charge in [0.1, 0.15) is 11.6 Å². The molecule has 0 fully saturated rings. The second kappa shape index (κ2) is 3.56. The molecule has 4 nitrogen and oxygen atoms in total. The van der Waals surface area contributed by atoms with Crippen molar-refractivity contribution in [2.24, 2.45) is 0 Å². The number of benzene rings is 1. The maximum atomic E-state index is 11.5. The predicted octanol–water partition coefficient (Wildman–Crippen LogP) is 0.892. The third-order valence-electron chi connectivity index (χ3n) is 2.30. The fourth-order valence-corrected chi connectivity index (χ4v) is 1.59. The fraction of sp³-hybridized carbons (Fsp3) is 0.0909. The van der Waals surface area contributed by atoms with Crippen molar-refractivity contribution in [1.82, 2.24) is 4.98 Å². The first kappa shape index (κ1) is 9.44. The standard InChI is InChI=1S/C11H8N2O2/c12-5-8-9(6-14)7-3-1-2-4-10(7)13-11(8)15/h1-4,14H,6H2,(H,13,15). The molecule has 2 N–H and O–H groups in total. The van der Waals surface area contributed by atoms with Crippen LogP contribution in [0, 0.1) is 11.3 Å². The molecule has 0 bridgehead atoms. The molecule has 0 atom stereocenters. The molecule has 0 aliphatic heterocycles. The molecule has 15 heavy (non-hydrogen) atoms. The molecule has 0 spiro atoms. The molecule has 0 unspecified atom stereocenters. The van der Waals surface area contributed by atoms with Gasteiger partial charge in [-0.1, -0.05) is 18.2 Å². The van der Waals surface area contributed by atoms with Crippen LogP contribution in [0.4, 0.5) is 0 Å². The van der Waals surface area contributed by atoms with Gasteiger partial charge in [-0.2, -0.15) is 5.26 Å². The van der Waals surface area contributed by atoms with Crippen molar-refractivity contribution in [3.63, 3.8) is 0 Å². The smallest absolute Gasteiger partial charge is 0.266 e. The van der Waals surface area contributed by atoms with Crippen LogP contribution in [0.5, 0.6) is 0 Å². The summed E-state index contributed by atoms with van der Waals surface area (Å²) in [5.74, 6) is 0. The molecule has 2 rings (SSSR count). The molecule has 1 aromatic carbocycles. The zero-order valence-electron chi connectivity index (χ0n) is 7.82. The van der Waals surface area contributed by atoms with Crippen LogP contribution in [0.25, 0.3) is 10.9 Å². The first-order valence-corrected chi connectivity index (χ1v) is 4.42. The fourth-order valence-electron chi connectivity index (χ4n) is 1.59. The summed E-state index contributed by atoms with van der Waals surface area (Å²) in [6, 6.07) is 8.87. The number of aromatic nitrogens is 1. The Kier molecular flexibility index (Phi) is 2.24. The summed E-state index contributed by atoms with van der Waals surface area (Å²) in [5.41, 5.74) is 0.541. The Labute approximate surface area is 85.4 Å². The number of hydrogen-bond acceptors (Lipinski definition) is 3. The highest BCUT2D eigenvalue weighted by molar-refractivity contribution is 5.83. The molecule has 2 aromatic rings. The summed E-state index contributed by atoms with van der Waals surface area (Å²) in [6.45, 7) is -0.312. The average molecular weight is 200 g/mol. The van der Waals surface area contributed by atoms with Gasteiger partial charge < -0.3 is 10.1 Å². The molecule has 0 aliphatic carbocycles. The number of aliphatic hydroxyl groups excluding tert-OH is 1. The Balaban J connectivity index is 2.99. The number of nitrogens with one attached hydrogen (secondary N) is 1. The zero-order chi connectivity index (χ0) is 10.8. The number of fused-ring (bicyclic) bond motifs is 1. The van der Waals surface area contributed by atoms with Crippen molar-refractivity contribution in [2.75, 3.05) is 0 Å². The van der Waals surface area contributed by atoms with E-state index in [0.717, 1.165) is 0 Å². The topological polar surface area (TPSA) is 76.9 Å². The van der Waals surface area contributed by atoms with E-state index in [4.69, 9.17) is 10.4 Å². The summed E-state index contributed by atoms with van der Waals surface area (Å²) >= 11 is 0. The third kappa shape index (κ3) is 1.39. The monoisotopic (exact) mass is 200 g/mol. The van der Waals surface area contributed by atoms with Crippen LogP contribution in [-0.2, 0) is 6.61 Å². The Hall–Kier alpha value is -2.12. The van der Waals surface area contributed by atoms with Crippen LogP contribution < -0.4 is 5.56 Å². The van der Waals surface area contributed by atoms with Crippen LogP contribution in [0.3, 0.4) is 0 Å². The molecule has 0 aliphatic rings. The second-order valence-electron chi connectivity index (χ2n) is 3.12. The second-order valence-corrected chi connectivity index (χ2v) is 3.12. The van der Waals surface area contributed by atoms with Crippen LogP contribution in [0.2, 0.25) is 0 Å². The van der Waals surface area contributed by atoms with Crippen LogP contribution >= 0.6 is 0 Å². The largest absolute Gasteiger partial charge is 0.392 e. The summed E-state index contributed by atoms with van der Waals surface area (Å²) in [5, 5.41) is 18.7. The number of hydrogen-bond donors (Lipinski definition) is 2. The van der Waals surface area contributed by atoms with Gasteiger partial charge in [0.05, 0.1) is 6.61 Å². The number of nitriles is 1. The van der Waals surface area contributed by atoms with Gasteiger partial charge in [0.15, 0.2) is 0 Å². The minimum absolute atomic E-state index is 0.0174. The predicted molar refractivity (Wildman–Crippen MR) is 55.2 cm³/mol. The number of rotatable bonds is 1. The van der Waals surface area contributed by atoms with Gasteiger partial charge in [0.25, 0.3) is 5.56 Å². The molecule has 0 saturated heterocycles. The Morgan fingerprint density at radius 2 is 2.13 bits per heavy atom. The van der Waals surface area contributed by atoms with E-state index in [9.17, 15) is 4.79 Å². The number of H-pyrrole nitrogens is 1. The molecular formula is C11H8N2O2. The van der Waals surface area contributed by atoms with Gasteiger partial charge in [-0.25, -0.2) is 0 Å².